The second-order valence-electron chi connectivity index (χ2n) is 6.91. The summed E-state index contributed by atoms with van der Waals surface area (Å²) < 4.78 is 66.5. The number of benzene rings is 3. The lowest BCUT2D eigenvalue weighted by Gasteiger charge is -2.12. The van der Waals surface area contributed by atoms with E-state index in [1.54, 1.807) is 0 Å². The third-order valence-corrected chi connectivity index (χ3v) is 6.51. The molecule has 0 saturated carbocycles. The third kappa shape index (κ3) is 3.90. The van der Waals surface area contributed by atoms with Crippen LogP contribution in [0.15, 0.2) is 52.2 Å². The van der Waals surface area contributed by atoms with Crippen molar-refractivity contribution in [1.82, 2.24) is 9.78 Å². The molecule has 0 bridgehead atoms. The van der Waals surface area contributed by atoms with Crippen molar-refractivity contribution in [3.63, 3.8) is 0 Å². The SMILES string of the molecule is NS(=O)(=O)c1cc(Cl)c(Cl)c(-c2ccc3c(c2)c(=O)[nH]n3Cc2ccc(F)c(F)c2)c1F. The Labute approximate surface area is 189 Å². The van der Waals surface area contributed by atoms with E-state index in [2.05, 4.69) is 5.10 Å². The Morgan fingerprint density at radius 2 is 1.72 bits per heavy atom. The number of nitrogens with one attached hydrogen (secondary N) is 1. The number of aromatic amines is 1. The van der Waals surface area contributed by atoms with Gasteiger partial charge in [0.1, 0.15) is 4.90 Å². The maximum Gasteiger partial charge on any atom is 0.272 e. The van der Waals surface area contributed by atoms with Crippen molar-refractivity contribution in [2.24, 2.45) is 5.14 Å². The van der Waals surface area contributed by atoms with Crippen LogP contribution in [-0.4, -0.2) is 18.2 Å². The standard InChI is InChI=1S/C20H12Cl2F3N3O3S/c21-12-7-16(32(26,30)31)19(25)17(18(12)22)10-2-4-15-11(6-10)20(29)27-28(15)8-9-1-3-13(23)14(24)5-9/h1-7H,8H2,(H,27,29)(H2,26,30,31). The van der Waals surface area contributed by atoms with Gasteiger partial charge in [-0.15, -0.1) is 0 Å². The van der Waals surface area contributed by atoms with Crippen LogP contribution in [0.4, 0.5) is 13.2 Å². The molecule has 0 radical (unpaired) electrons. The molecule has 0 saturated heterocycles. The molecule has 0 amide bonds. The minimum atomic E-state index is -4.44. The molecule has 1 aromatic heterocycles. The zero-order valence-corrected chi connectivity index (χ0v) is 18.1. The van der Waals surface area contributed by atoms with Crippen molar-refractivity contribution < 1.29 is 21.6 Å². The summed E-state index contributed by atoms with van der Waals surface area (Å²) in [5.74, 6) is -3.23. The average molecular weight is 502 g/mol. The number of aromatic nitrogens is 2. The molecule has 12 heteroatoms. The van der Waals surface area contributed by atoms with Crippen molar-refractivity contribution in [2.45, 2.75) is 11.4 Å². The van der Waals surface area contributed by atoms with E-state index < -0.39 is 37.9 Å². The summed E-state index contributed by atoms with van der Waals surface area (Å²) in [7, 11) is -4.44. The number of primary sulfonamides is 1. The van der Waals surface area contributed by atoms with Crippen LogP contribution in [0, 0.1) is 17.5 Å². The smallest absolute Gasteiger partial charge is 0.272 e. The second kappa shape index (κ2) is 7.96. The monoisotopic (exact) mass is 501 g/mol. The quantitative estimate of drug-likeness (QED) is 0.405. The van der Waals surface area contributed by atoms with E-state index in [1.165, 1.54) is 28.9 Å². The van der Waals surface area contributed by atoms with E-state index in [0.717, 1.165) is 18.2 Å². The fourth-order valence-corrected chi connectivity index (χ4v) is 4.49. The maximum absolute atomic E-state index is 15.0. The number of hydrogen-bond donors (Lipinski definition) is 2. The highest BCUT2D eigenvalue weighted by Crippen LogP contribution is 2.39. The van der Waals surface area contributed by atoms with Gasteiger partial charge in [-0.3, -0.25) is 14.6 Å². The minimum Gasteiger partial charge on any atom is -0.280 e. The molecular formula is C20H12Cl2F3N3O3S. The molecule has 0 aliphatic rings. The molecule has 0 atom stereocenters. The van der Waals surface area contributed by atoms with Gasteiger partial charge in [0.15, 0.2) is 17.5 Å². The fraction of sp³-hybridized carbons (Fsp3) is 0.0500. The van der Waals surface area contributed by atoms with Crippen molar-refractivity contribution in [1.29, 1.82) is 0 Å². The molecule has 0 unspecified atom stereocenters. The number of halogens is 5. The largest absolute Gasteiger partial charge is 0.280 e. The van der Waals surface area contributed by atoms with E-state index in [1.807, 2.05) is 0 Å². The average Bonchev–Trinajstić information content (AvgIpc) is 3.02. The lowest BCUT2D eigenvalue weighted by atomic mass is 10.0. The van der Waals surface area contributed by atoms with Gasteiger partial charge in [0.2, 0.25) is 10.0 Å². The van der Waals surface area contributed by atoms with Crippen LogP contribution in [-0.2, 0) is 16.6 Å². The molecule has 1 heterocycles. The van der Waals surface area contributed by atoms with E-state index in [4.69, 9.17) is 28.3 Å². The van der Waals surface area contributed by atoms with Crippen LogP contribution in [0.3, 0.4) is 0 Å². The Morgan fingerprint density at radius 3 is 2.38 bits per heavy atom. The summed E-state index contributed by atoms with van der Waals surface area (Å²) in [6, 6.07) is 8.34. The third-order valence-electron chi connectivity index (χ3n) is 4.81. The van der Waals surface area contributed by atoms with Gasteiger partial charge in [-0.05, 0) is 41.5 Å². The van der Waals surface area contributed by atoms with E-state index in [9.17, 15) is 26.4 Å². The first-order chi connectivity index (χ1) is 15.0. The van der Waals surface area contributed by atoms with Gasteiger partial charge in [-0.2, -0.15) is 0 Å². The summed E-state index contributed by atoms with van der Waals surface area (Å²) in [6.07, 6.45) is 0. The maximum atomic E-state index is 15.0. The normalized spacial score (nSPS) is 11.9. The number of sulfonamides is 1. The van der Waals surface area contributed by atoms with Crippen LogP contribution in [0.25, 0.3) is 22.0 Å². The Hall–Kier alpha value is -2.79. The van der Waals surface area contributed by atoms with Gasteiger partial charge < -0.3 is 0 Å². The lowest BCUT2D eigenvalue weighted by molar-refractivity contribution is 0.506. The summed E-state index contributed by atoms with van der Waals surface area (Å²) in [6.45, 7) is 0.0249. The Balaban J connectivity index is 1.86. The molecular weight excluding hydrogens is 490 g/mol. The minimum absolute atomic E-state index is 0.0249. The number of hydrogen-bond acceptors (Lipinski definition) is 3. The summed E-state index contributed by atoms with van der Waals surface area (Å²) >= 11 is 12.1. The van der Waals surface area contributed by atoms with E-state index in [-0.39, 0.29) is 33.1 Å². The van der Waals surface area contributed by atoms with Gasteiger partial charge >= 0.3 is 0 Å². The Bertz CT molecular complexity index is 1570. The number of nitrogens with zero attached hydrogens (tertiary/aromatic N) is 1. The summed E-state index contributed by atoms with van der Waals surface area (Å²) in [5.41, 5.74) is -0.0208. The van der Waals surface area contributed by atoms with Crippen molar-refractivity contribution in [2.75, 3.05) is 0 Å². The highest BCUT2D eigenvalue weighted by molar-refractivity contribution is 7.89. The summed E-state index contributed by atoms with van der Waals surface area (Å²) in [4.78, 5) is 11.6. The van der Waals surface area contributed by atoms with Crippen LogP contribution in [0.2, 0.25) is 10.0 Å². The van der Waals surface area contributed by atoms with Gasteiger partial charge in [0.25, 0.3) is 5.56 Å². The molecule has 0 fully saturated rings. The molecule has 0 spiro atoms. The van der Waals surface area contributed by atoms with Crippen LogP contribution >= 0.6 is 23.2 Å². The lowest BCUT2D eigenvalue weighted by Crippen LogP contribution is -2.15. The zero-order chi connectivity index (χ0) is 23.4. The number of nitrogens with two attached hydrogens (primary N) is 1. The first-order valence-electron chi connectivity index (χ1n) is 8.84. The fourth-order valence-electron chi connectivity index (χ4n) is 3.34. The van der Waals surface area contributed by atoms with Crippen molar-refractivity contribution in [3.8, 4) is 11.1 Å². The molecule has 4 rings (SSSR count). The highest BCUT2D eigenvalue weighted by atomic mass is 35.5. The topological polar surface area (TPSA) is 98.0 Å². The highest BCUT2D eigenvalue weighted by Gasteiger charge is 2.24. The van der Waals surface area contributed by atoms with E-state index >= 15 is 0 Å². The predicted octanol–water partition coefficient (Wildman–Crippen LogP) is 4.42. The Morgan fingerprint density at radius 1 is 1.00 bits per heavy atom. The number of H-pyrrole nitrogens is 1. The van der Waals surface area contributed by atoms with Crippen LogP contribution in [0.5, 0.6) is 0 Å². The molecule has 0 aliphatic heterocycles. The Kier molecular flexibility index (Phi) is 5.58. The van der Waals surface area contributed by atoms with Gasteiger partial charge in [-0.25, -0.2) is 26.7 Å². The molecule has 6 nitrogen and oxygen atoms in total. The molecule has 4 aromatic rings. The first-order valence-corrected chi connectivity index (χ1v) is 11.1. The first kappa shape index (κ1) is 22.4. The molecule has 0 aliphatic carbocycles. The van der Waals surface area contributed by atoms with Gasteiger partial charge in [0, 0.05) is 5.56 Å². The molecule has 3 aromatic carbocycles. The van der Waals surface area contributed by atoms with Crippen LogP contribution < -0.4 is 10.7 Å². The van der Waals surface area contributed by atoms with Crippen molar-refractivity contribution in [3.05, 3.63) is 85.9 Å². The summed E-state index contributed by atoms with van der Waals surface area (Å²) in [5, 5.41) is 7.25. The number of fused-ring (bicyclic) bond motifs is 1. The molecule has 32 heavy (non-hydrogen) atoms. The molecule has 3 N–H and O–H groups in total. The second-order valence-corrected chi connectivity index (χ2v) is 9.23. The predicted molar refractivity (Wildman–Crippen MR) is 115 cm³/mol. The molecule has 166 valence electrons. The van der Waals surface area contributed by atoms with Crippen LogP contribution in [0.1, 0.15) is 5.56 Å². The van der Waals surface area contributed by atoms with E-state index in [0.29, 0.717) is 11.1 Å². The van der Waals surface area contributed by atoms with Gasteiger partial charge in [-0.1, -0.05) is 35.3 Å². The van der Waals surface area contributed by atoms with Crippen molar-refractivity contribution >= 4 is 44.1 Å². The zero-order valence-electron chi connectivity index (χ0n) is 15.8. The van der Waals surface area contributed by atoms with Gasteiger partial charge in [0.05, 0.1) is 27.5 Å². The number of rotatable bonds is 4.